The minimum Gasteiger partial charge on any atom is -0.478 e. The Morgan fingerprint density at radius 1 is 1.56 bits per heavy atom. The molecule has 1 aromatic rings. The van der Waals surface area contributed by atoms with E-state index in [2.05, 4.69) is 21.6 Å². The first kappa shape index (κ1) is 13.3. The summed E-state index contributed by atoms with van der Waals surface area (Å²) in [5, 5.41) is 13.1. The molecule has 100 valence electrons. The first-order valence-electron chi connectivity index (χ1n) is 6.20. The van der Waals surface area contributed by atoms with Gasteiger partial charge in [0.15, 0.2) is 0 Å². The summed E-state index contributed by atoms with van der Waals surface area (Å²) in [5.74, 6) is -0.266. The fourth-order valence-corrected chi connectivity index (χ4v) is 3.04. The number of anilines is 1. The summed E-state index contributed by atoms with van der Waals surface area (Å²) < 4.78 is 4.10. The van der Waals surface area contributed by atoms with Crippen molar-refractivity contribution in [2.24, 2.45) is 5.92 Å². The van der Waals surface area contributed by atoms with Crippen LogP contribution in [0.4, 0.5) is 5.00 Å². The molecule has 18 heavy (non-hydrogen) atoms. The molecule has 1 aliphatic rings. The van der Waals surface area contributed by atoms with Crippen molar-refractivity contribution in [2.75, 3.05) is 32.0 Å². The number of aryl methyl sites for hydroxylation is 1. The van der Waals surface area contributed by atoms with E-state index in [0.29, 0.717) is 22.2 Å². The van der Waals surface area contributed by atoms with Crippen molar-refractivity contribution in [2.45, 2.75) is 19.8 Å². The molecule has 6 heteroatoms. The Bertz CT molecular complexity index is 425. The van der Waals surface area contributed by atoms with Crippen molar-refractivity contribution in [3.8, 4) is 0 Å². The normalized spacial score (nSPS) is 17.9. The first-order chi connectivity index (χ1) is 8.58. The molecular formula is C12H19N3O2S. The average Bonchev–Trinajstić information content (AvgIpc) is 2.70. The minimum absolute atomic E-state index is 0.327. The van der Waals surface area contributed by atoms with Gasteiger partial charge in [-0.15, -0.1) is 0 Å². The maximum atomic E-state index is 11.1. The second-order valence-corrected chi connectivity index (χ2v) is 5.68. The van der Waals surface area contributed by atoms with Crippen LogP contribution in [0, 0.1) is 12.8 Å². The zero-order chi connectivity index (χ0) is 13.1. The lowest BCUT2D eigenvalue weighted by atomic mass is 9.97. The van der Waals surface area contributed by atoms with Gasteiger partial charge in [0.2, 0.25) is 0 Å². The van der Waals surface area contributed by atoms with E-state index in [1.54, 1.807) is 6.92 Å². The molecule has 2 heterocycles. The summed E-state index contributed by atoms with van der Waals surface area (Å²) in [6.45, 7) is 4.83. The Morgan fingerprint density at radius 3 is 2.83 bits per heavy atom. The number of likely N-dealkylation sites (tertiary alicyclic amines) is 1. The predicted octanol–water partition coefficient (Wildman–Crippen LogP) is 1.90. The summed E-state index contributed by atoms with van der Waals surface area (Å²) in [6, 6.07) is 0. The van der Waals surface area contributed by atoms with Gasteiger partial charge < -0.3 is 15.3 Å². The summed E-state index contributed by atoms with van der Waals surface area (Å²) in [5.41, 5.74) is 0.923. The van der Waals surface area contributed by atoms with Crippen molar-refractivity contribution < 1.29 is 9.90 Å². The highest BCUT2D eigenvalue weighted by Gasteiger charge is 2.20. The van der Waals surface area contributed by atoms with Crippen molar-refractivity contribution in [1.82, 2.24) is 9.27 Å². The molecule has 0 radical (unpaired) electrons. The monoisotopic (exact) mass is 269 g/mol. The van der Waals surface area contributed by atoms with E-state index in [0.717, 1.165) is 19.6 Å². The molecule has 0 spiro atoms. The topological polar surface area (TPSA) is 65.5 Å². The van der Waals surface area contributed by atoms with Gasteiger partial charge in [-0.2, -0.15) is 4.37 Å². The largest absolute Gasteiger partial charge is 0.478 e. The lowest BCUT2D eigenvalue weighted by Gasteiger charge is -2.29. The Kier molecular flexibility index (Phi) is 4.19. The average molecular weight is 269 g/mol. The van der Waals surface area contributed by atoms with Gasteiger partial charge in [0.1, 0.15) is 10.6 Å². The molecule has 0 aromatic carbocycles. The lowest BCUT2D eigenvalue weighted by molar-refractivity contribution is 0.0697. The first-order valence-corrected chi connectivity index (χ1v) is 6.97. The van der Waals surface area contributed by atoms with E-state index in [1.807, 2.05) is 0 Å². The van der Waals surface area contributed by atoms with Crippen molar-refractivity contribution in [3.05, 3.63) is 11.3 Å². The van der Waals surface area contributed by atoms with Gasteiger partial charge >= 0.3 is 5.97 Å². The third kappa shape index (κ3) is 3.00. The van der Waals surface area contributed by atoms with Gasteiger partial charge in [-0.1, -0.05) is 0 Å². The Hall–Kier alpha value is -1.14. The van der Waals surface area contributed by atoms with E-state index in [4.69, 9.17) is 5.11 Å². The molecule has 0 saturated carbocycles. The number of hydrogen-bond acceptors (Lipinski definition) is 5. The molecule has 5 nitrogen and oxygen atoms in total. The zero-order valence-electron chi connectivity index (χ0n) is 10.8. The molecule has 2 N–H and O–H groups in total. The highest BCUT2D eigenvalue weighted by molar-refractivity contribution is 7.10. The van der Waals surface area contributed by atoms with E-state index in [-0.39, 0.29) is 0 Å². The number of rotatable bonds is 4. The van der Waals surface area contributed by atoms with E-state index in [9.17, 15) is 4.79 Å². The number of carbonyl (C=O) groups is 1. The van der Waals surface area contributed by atoms with Crippen LogP contribution in [0.25, 0.3) is 0 Å². The van der Waals surface area contributed by atoms with Gasteiger partial charge in [0.25, 0.3) is 0 Å². The molecule has 0 bridgehead atoms. The van der Waals surface area contributed by atoms with Crippen molar-refractivity contribution in [1.29, 1.82) is 0 Å². The molecule has 1 aromatic heterocycles. The fraction of sp³-hybridized carbons (Fsp3) is 0.667. The van der Waals surface area contributed by atoms with Crippen LogP contribution in [0.5, 0.6) is 0 Å². The number of aromatic nitrogens is 1. The van der Waals surface area contributed by atoms with Crippen molar-refractivity contribution >= 4 is 22.5 Å². The second-order valence-electron chi connectivity index (χ2n) is 4.90. The zero-order valence-corrected chi connectivity index (χ0v) is 11.6. The molecule has 1 saturated heterocycles. The van der Waals surface area contributed by atoms with Crippen LogP contribution < -0.4 is 5.32 Å². The van der Waals surface area contributed by atoms with Crippen LogP contribution in [0.3, 0.4) is 0 Å². The molecule has 1 fully saturated rings. The lowest BCUT2D eigenvalue weighted by Crippen LogP contribution is -2.33. The number of piperidine rings is 1. The summed E-state index contributed by atoms with van der Waals surface area (Å²) >= 11 is 1.24. The van der Waals surface area contributed by atoms with Gasteiger partial charge in [0, 0.05) is 6.54 Å². The standard InChI is InChI=1S/C12H19N3O2S/c1-8-10(12(16)17)11(18-14-8)13-7-9-3-5-15(2)6-4-9/h9,13H,3-7H2,1-2H3,(H,16,17). The van der Waals surface area contributed by atoms with Crippen molar-refractivity contribution in [3.63, 3.8) is 0 Å². The number of nitrogens with one attached hydrogen (secondary N) is 1. The van der Waals surface area contributed by atoms with Crippen LogP contribution in [0.1, 0.15) is 28.9 Å². The van der Waals surface area contributed by atoms with E-state index >= 15 is 0 Å². The molecule has 0 unspecified atom stereocenters. The number of aromatic carboxylic acids is 1. The Balaban J connectivity index is 1.92. The molecule has 0 aliphatic carbocycles. The maximum Gasteiger partial charge on any atom is 0.340 e. The molecule has 0 amide bonds. The number of carboxylic acid groups (broad SMARTS) is 1. The highest BCUT2D eigenvalue weighted by Crippen LogP contribution is 2.25. The van der Waals surface area contributed by atoms with E-state index < -0.39 is 5.97 Å². The van der Waals surface area contributed by atoms with Crippen LogP contribution in [0.2, 0.25) is 0 Å². The van der Waals surface area contributed by atoms with E-state index in [1.165, 1.54) is 24.4 Å². The smallest absolute Gasteiger partial charge is 0.340 e. The SMILES string of the molecule is Cc1nsc(NCC2CCN(C)CC2)c1C(=O)O. The summed E-state index contributed by atoms with van der Waals surface area (Å²) in [6.07, 6.45) is 2.34. The number of nitrogens with zero attached hydrogens (tertiary/aromatic N) is 2. The number of hydrogen-bond donors (Lipinski definition) is 2. The molecular weight excluding hydrogens is 250 g/mol. The number of carboxylic acids is 1. The Morgan fingerprint density at radius 2 is 2.22 bits per heavy atom. The summed E-state index contributed by atoms with van der Waals surface area (Å²) in [7, 11) is 2.14. The molecule has 2 rings (SSSR count). The summed E-state index contributed by atoms with van der Waals surface area (Å²) in [4.78, 5) is 13.4. The third-order valence-electron chi connectivity index (χ3n) is 3.47. The highest BCUT2D eigenvalue weighted by atomic mass is 32.1. The second kappa shape index (κ2) is 5.67. The minimum atomic E-state index is -0.896. The van der Waals surface area contributed by atoms with Gasteiger partial charge in [-0.25, -0.2) is 4.79 Å². The van der Waals surface area contributed by atoms with Crippen LogP contribution in [-0.2, 0) is 0 Å². The predicted molar refractivity (Wildman–Crippen MR) is 72.5 cm³/mol. The molecule has 0 atom stereocenters. The van der Waals surface area contributed by atoms with Gasteiger partial charge in [-0.3, -0.25) is 0 Å². The fourth-order valence-electron chi connectivity index (χ4n) is 2.25. The van der Waals surface area contributed by atoms with Crippen LogP contribution >= 0.6 is 11.5 Å². The van der Waals surface area contributed by atoms with Crippen LogP contribution in [0.15, 0.2) is 0 Å². The third-order valence-corrected chi connectivity index (χ3v) is 4.36. The maximum absolute atomic E-state index is 11.1. The van der Waals surface area contributed by atoms with Gasteiger partial charge in [0.05, 0.1) is 5.69 Å². The van der Waals surface area contributed by atoms with Gasteiger partial charge in [-0.05, 0) is 57.4 Å². The molecule has 1 aliphatic heterocycles. The quantitative estimate of drug-likeness (QED) is 0.874. The Labute approximate surface area is 111 Å². The van der Waals surface area contributed by atoms with Crippen LogP contribution in [-0.4, -0.2) is 47.0 Å².